The minimum Gasteiger partial charge on any atom is -0.396 e. The van der Waals surface area contributed by atoms with Crippen LogP contribution in [0, 0.1) is 5.92 Å². The van der Waals surface area contributed by atoms with Crippen LogP contribution in [0.25, 0.3) is 0 Å². The van der Waals surface area contributed by atoms with Crippen molar-refractivity contribution in [2.45, 2.75) is 18.9 Å². The normalized spacial score (nSPS) is 24.6. The molecule has 0 aromatic carbocycles. The highest BCUT2D eigenvalue weighted by Crippen LogP contribution is 2.27. The van der Waals surface area contributed by atoms with Crippen LogP contribution in [0.1, 0.15) is 12.8 Å². The summed E-state index contributed by atoms with van der Waals surface area (Å²) in [5, 5.41) is 12.3. The summed E-state index contributed by atoms with van der Waals surface area (Å²) >= 11 is 0. The largest absolute Gasteiger partial charge is 0.396 e. The maximum absolute atomic E-state index is 9.12. The molecule has 1 aromatic rings. The molecular formula is C10H16N4O. The van der Waals surface area contributed by atoms with E-state index in [2.05, 4.69) is 10.3 Å². The zero-order valence-electron chi connectivity index (χ0n) is 8.48. The number of pyridine rings is 1. The fourth-order valence-electron chi connectivity index (χ4n) is 1.70. The van der Waals surface area contributed by atoms with Crippen molar-refractivity contribution >= 4 is 17.3 Å². The highest BCUT2D eigenvalue weighted by atomic mass is 16.3. The number of aromatic nitrogens is 1. The van der Waals surface area contributed by atoms with E-state index in [1.807, 2.05) is 0 Å². The molecule has 1 heterocycles. The second kappa shape index (κ2) is 3.94. The minimum atomic E-state index is -0.110. The fraction of sp³-hybridized carbons (Fsp3) is 0.500. The summed E-state index contributed by atoms with van der Waals surface area (Å²) in [5.41, 5.74) is 11.6. The summed E-state index contributed by atoms with van der Waals surface area (Å²) in [6.45, 7) is 0.827. The van der Waals surface area contributed by atoms with Crippen LogP contribution in [0.5, 0.6) is 0 Å². The van der Waals surface area contributed by atoms with Gasteiger partial charge in [0.25, 0.3) is 0 Å². The Morgan fingerprint density at radius 1 is 1.40 bits per heavy atom. The van der Waals surface area contributed by atoms with Crippen molar-refractivity contribution < 1.29 is 5.11 Å². The van der Waals surface area contributed by atoms with E-state index in [0.717, 1.165) is 25.2 Å². The Hall–Kier alpha value is -1.49. The topological polar surface area (TPSA) is 97.2 Å². The van der Waals surface area contributed by atoms with Crippen molar-refractivity contribution in [1.82, 2.24) is 4.98 Å². The van der Waals surface area contributed by atoms with Crippen LogP contribution in [0.4, 0.5) is 17.3 Å². The van der Waals surface area contributed by atoms with Gasteiger partial charge >= 0.3 is 0 Å². The van der Waals surface area contributed by atoms with Gasteiger partial charge in [-0.1, -0.05) is 0 Å². The zero-order valence-corrected chi connectivity index (χ0v) is 8.48. The first-order valence-electron chi connectivity index (χ1n) is 5.09. The molecule has 1 aliphatic carbocycles. The molecule has 15 heavy (non-hydrogen) atoms. The number of nitrogens with zero attached hydrogens (tertiary/aromatic N) is 1. The molecule has 5 heteroatoms. The van der Waals surface area contributed by atoms with E-state index < -0.39 is 0 Å². The van der Waals surface area contributed by atoms with Crippen LogP contribution in [-0.2, 0) is 0 Å². The Kier molecular flexibility index (Phi) is 2.64. The molecular weight excluding hydrogens is 192 g/mol. The van der Waals surface area contributed by atoms with E-state index in [1.54, 1.807) is 12.1 Å². The van der Waals surface area contributed by atoms with E-state index in [-0.39, 0.29) is 6.10 Å². The highest BCUT2D eigenvalue weighted by molar-refractivity contribution is 5.61. The van der Waals surface area contributed by atoms with E-state index in [0.29, 0.717) is 17.4 Å². The number of hydrogen-bond acceptors (Lipinski definition) is 5. The van der Waals surface area contributed by atoms with Gasteiger partial charge in [0.2, 0.25) is 0 Å². The number of rotatable bonds is 3. The van der Waals surface area contributed by atoms with E-state index in [4.69, 9.17) is 16.6 Å². The lowest BCUT2D eigenvalue weighted by atomic mass is 9.82. The Labute approximate surface area is 88.5 Å². The van der Waals surface area contributed by atoms with Gasteiger partial charge in [0.15, 0.2) is 0 Å². The second-order valence-corrected chi connectivity index (χ2v) is 4.04. The van der Waals surface area contributed by atoms with Gasteiger partial charge in [0.1, 0.15) is 11.6 Å². The van der Waals surface area contributed by atoms with Gasteiger partial charge in [-0.3, -0.25) is 0 Å². The van der Waals surface area contributed by atoms with Gasteiger partial charge in [-0.2, -0.15) is 0 Å². The summed E-state index contributed by atoms with van der Waals surface area (Å²) in [6, 6.07) is 3.54. The van der Waals surface area contributed by atoms with Crippen LogP contribution in [0.15, 0.2) is 12.1 Å². The van der Waals surface area contributed by atoms with Crippen molar-refractivity contribution in [3.05, 3.63) is 12.1 Å². The number of nitrogens with one attached hydrogen (secondary N) is 1. The molecule has 5 nitrogen and oxygen atoms in total. The third-order valence-corrected chi connectivity index (χ3v) is 2.74. The number of nitrogens with two attached hydrogens (primary N) is 2. The molecule has 0 radical (unpaired) electrons. The first-order chi connectivity index (χ1) is 7.15. The molecule has 0 bridgehead atoms. The third kappa shape index (κ3) is 2.30. The zero-order chi connectivity index (χ0) is 10.8. The number of nitrogen functional groups attached to an aromatic ring is 2. The molecule has 0 saturated heterocycles. The summed E-state index contributed by atoms with van der Waals surface area (Å²) in [4.78, 5) is 4.10. The molecule has 1 aromatic heterocycles. The minimum absolute atomic E-state index is 0.110. The molecule has 82 valence electrons. The molecule has 0 amide bonds. The van der Waals surface area contributed by atoms with Crippen molar-refractivity contribution in [3.8, 4) is 0 Å². The Balaban J connectivity index is 1.86. The van der Waals surface area contributed by atoms with Gasteiger partial charge in [0.05, 0.1) is 11.8 Å². The fourth-order valence-corrected chi connectivity index (χ4v) is 1.70. The predicted octanol–water partition coefficient (Wildman–Crippen LogP) is 0.429. The smallest absolute Gasteiger partial charge is 0.149 e. The van der Waals surface area contributed by atoms with Crippen LogP contribution in [-0.4, -0.2) is 22.7 Å². The van der Waals surface area contributed by atoms with Gasteiger partial charge in [-0.25, -0.2) is 4.98 Å². The summed E-state index contributed by atoms with van der Waals surface area (Å²) in [5.74, 6) is 1.64. The Morgan fingerprint density at radius 3 is 2.73 bits per heavy atom. The first-order valence-corrected chi connectivity index (χ1v) is 5.09. The number of hydrogen-bond donors (Lipinski definition) is 4. The van der Waals surface area contributed by atoms with Crippen LogP contribution < -0.4 is 16.8 Å². The summed E-state index contributed by atoms with van der Waals surface area (Å²) < 4.78 is 0. The predicted molar refractivity (Wildman–Crippen MR) is 60.3 cm³/mol. The molecule has 1 fully saturated rings. The quantitative estimate of drug-likeness (QED) is 0.577. The van der Waals surface area contributed by atoms with Crippen LogP contribution in [0.3, 0.4) is 0 Å². The monoisotopic (exact) mass is 208 g/mol. The third-order valence-electron chi connectivity index (χ3n) is 2.74. The maximum Gasteiger partial charge on any atom is 0.149 e. The van der Waals surface area contributed by atoms with Gasteiger partial charge in [-0.05, 0) is 30.9 Å². The highest BCUT2D eigenvalue weighted by Gasteiger charge is 2.26. The molecule has 6 N–H and O–H groups in total. The van der Waals surface area contributed by atoms with Gasteiger partial charge in [-0.15, -0.1) is 0 Å². The van der Waals surface area contributed by atoms with E-state index >= 15 is 0 Å². The lowest BCUT2D eigenvalue weighted by Crippen LogP contribution is -2.33. The SMILES string of the molecule is Nc1ccc(NCC2CC(O)C2)nc1N. The van der Waals surface area contributed by atoms with Crippen LogP contribution >= 0.6 is 0 Å². The standard InChI is InChI=1S/C10H16N4O/c11-8-1-2-9(14-10(8)12)13-5-6-3-7(15)4-6/h1-2,6-7,15H,3-5,11H2,(H3,12,13,14). The average Bonchev–Trinajstić information content (AvgIpc) is 2.16. The summed E-state index contributed by atoms with van der Waals surface area (Å²) in [7, 11) is 0. The molecule has 0 unspecified atom stereocenters. The van der Waals surface area contributed by atoms with E-state index in [1.165, 1.54) is 0 Å². The lowest BCUT2D eigenvalue weighted by molar-refractivity contribution is 0.0486. The van der Waals surface area contributed by atoms with Crippen molar-refractivity contribution in [2.24, 2.45) is 5.92 Å². The first kappa shape index (κ1) is 10.0. The molecule has 0 spiro atoms. The molecule has 0 atom stereocenters. The molecule has 1 saturated carbocycles. The molecule has 0 aliphatic heterocycles. The Bertz CT molecular complexity index is 349. The van der Waals surface area contributed by atoms with Crippen molar-refractivity contribution in [3.63, 3.8) is 0 Å². The lowest BCUT2D eigenvalue weighted by Gasteiger charge is -2.31. The van der Waals surface area contributed by atoms with Crippen molar-refractivity contribution in [2.75, 3.05) is 23.3 Å². The van der Waals surface area contributed by atoms with E-state index in [9.17, 15) is 0 Å². The molecule has 2 rings (SSSR count). The van der Waals surface area contributed by atoms with Gasteiger partial charge in [0, 0.05) is 6.54 Å². The molecule has 1 aliphatic rings. The number of anilines is 3. The maximum atomic E-state index is 9.12. The average molecular weight is 208 g/mol. The van der Waals surface area contributed by atoms with Crippen LogP contribution in [0.2, 0.25) is 0 Å². The number of aliphatic hydroxyl groups excluding tert-OH is 1. The second-order valence-electron chi connectivity index (χ2n) is 4.04. The Morgan fingerprint density at radius 2 is 2.13 bits per heavy atom. The number of aliphatic hydroxyl groups is 1. The van der Waals surface area contributed by atoms with Crippen molar-refractivity contribution in [1.29, 1.82) is 0 Å². The van der Waals surface area contributed by atoms with Gasteiger partial charge < -0.3 is 21.9 Å². The summed E-state index contributed by atoms with van der Waals surface area (Å²) in [6.07, 6.45) is 1.63.